The fourth-order valence-electron chi connectivity index (χ4n) is 3.43. The Morgan fingerprint density at radius 2 is 1.52 bits per heavy atom. The minimum Gasteiger partial charge on any atom is -0.273 e. The van der Waals surface area contributed by atoms with Crippen molar-refractivity contribution in [2.45, 2.75) is 20.8 Å². The van der Waals surface area contributed by atoms with Crippen LogP contribution in [0.4, 0.5) is 10.5 Å². The standard InChI is InChI=1S/C23H19BrN4O3/c1-13-4-8-18(9-5-13)28-15(3)19(14(2)26-28)12-20-21(29)25-23(31)27(22(20)30)17-10-6-16(24)7-11-17/h4-12H,1-3H3,(H,25,29,31)/b20-12+. The van der Waals surface area contributed by atoms with Gasteiger partial charge in [0, 0.05) is 15.7 Å². The number of benzene rings is 2. The number of aromatic nitrogens is 2. The van der Waals surface area contributed by atoms with Crippen molar-refractivity contribution in [1.29, 1.82) is 0 Å². The molecule has 2 heterocycles. The molecule has 31 heavy (non-hydrogen) atoms. The highest BCUT2D eigenvalue weighted by atomic mass is 79.9. The number of rotatable bonds is 3. The molecule has 4 rings (SSSR count). The third-order valence-electron chi connectivity index (χ3n) is 5.10. The van der Waals surface area contributed by atoms with E-state index in [0.717, 1.165) is 26.3 Å². The van der Waals surface area contributed by atoms with Crippen LogP contribution in [0.1, 0.15) is 22.5 Å². The van der Waals surface area contributed by atoms with Crippen molar-refractivity contribution in [2.24, 2.45) is 0 Å². The van der Waals surface area contributed by atoms with E-state index in [1.807, 2.05) is 45.0 Å². The molecule has 2 aromatic carbocycles. The molecule has 0 saturated carbocycles. The molecule has 0 bridgehead atoms. The summed E-state index contributed by atoms with van der Waals surface area (Å²) in [6, 6.07) is 13.8. The maximum absolute atomic E-state index is 13.1. The predicted molar refractivity (Wildman–Crippen MR) is 121 cm³/mol. The van der Waals surface area contributed by atoms with E-state index in [4.69, 9.17) is 0 Å². The Bertz CT molecular complexity index is 1240. The van der Waals surface area contributed by atoms with Gasteiger partial charge in [-0.2, -0.15) is 5.10 Å². The number of anilines is 1. The fourth-order valence-corrected chi connectivity index (χ4v) is 3.69. The highest BCUT2D eigenvalue weighted by molar-refractivity contribution is 9.10. The number of carbonyl (C=O) groups is 3. The molecule has 1 fully saturated rings. The Morgan fingerprint density at radius 3 is 2.16 bits per heavy atom. The number of nitrogens with one attached hydrogen (secondary N) is 1. The van der Waals surface area contributed by atoms with Crippen molar-refractivity contribution < 1.29 is 14.4 Å². The Morgan fingerprint density at radius 1 is 0.903 bits per heavy atom. The van der Waals surface area contributed by atoms with Crippen LogP contribution in [0.15, 0.2) is 58.6 Å². The SMILES string of the molecule is Cc1ccc(-n2nc(C)c(/C=C3\C(=O)NC(=O)N(c4ccc(Br)cc4)C3=O)c2C)cc1. The van der Waals surface area contributed by atoms with Gasteiger partial charge in [0.25, 0.3) is 11.8 Å². The number of halogens is 1. The number of aryl methyl sites for hydroxylation is 2. The second kappa shape index (κ2) is 7.96. The van der Waals surface area contributed by atoms with E-state index >= 15 is 0 Å². The zero-order valence-electron chi connectivity index (χ0n) is 17.1. The smallest absolute Gasteiger partial charge is 0.273 e. The lowest BCUT2D eigenvalue weighted by Crippen LogP contribution is -2.54. The monoisotopic (exact) mass is 478 g/mol. The summed E-state index contributed by atoms with van der Waals surface area (Å²) in [4.78, 5) is 38.9. The maximum Gasteiger partial charge on any atom is 0.335 e. The lowest BCUT2D eigenvalue weighted by molar-refractivity contribution is -0.122. The third kappa shape index (κ3) is 3.82. The second-order valence-corrected chi connectivity index (χ2v) is 8.18. The number of urea groups is 1. The first-order valence-electron chi connectivity index (χ1n) is 9.56. The van der Waals surface area contributed by atoms with Gasteiger partial charge in [0.2, 0.25) is 0 Å². The van der Waals surface area contributed by atoms with Gasteiger partial charge in [-0.1, -0.05) is 33.6 Å². The molecule has 1 N–H and O–H groups in total. The van der Waals surface area contributed by atoms with Crippen LogP contribution >= 0.6 is 15.9 Å². The fraction of sp³-hybridized carbons (Fsp3) is 0.130. The molecule has 0 atom stereocenters. The highest BCUT2D eigenvalue weighted by Crippen LogP contribution is 2.26. The minimum absolute atomic E-state index is 0.128. The average molecular weight is 479 g/mol. The van der Waals surface area contributed by atoms with Gasteiger partial charge in [-0.05, 0) is 63.2 Å². The molecular formula is C23H19BrN4O3. The lowest BCUT2D eigenvalue weighted by atomic mass is 10.1. The molecule has 156 valence electrons. The van der Waals surface area contributed by atoms with E-state index < -0.39 is 17.8 Å². The molecular weight excluding hydrogens is 460 g/mol. The highest BCUT2D eigenvalue weighted by Gasteiger charge is 2.37. The number of barbiturate groups is 1. The van der Waals surface area contributed by atoms with Crippen LogP contribution < -0.4 is 10.2 Å². The van der Waals surface area contributed by atoms with Gasteiger partial charge in [-0.25, -0.2) is 14.4 Å². The Labute approximate surface area is 187 Å². The number of hydrogen-bond acceptors (Lipinski definition) is 4. The molecule has 3 aromatic rings. The molecule has 1 saturated heterocycles. The quantitative estimate of drug-likeness (QED) is 0.450. The van der Waals surface area contributed by atoms with Gasteiger partial charge < -0.3 is 0 Å². The third-order valence-corrected chi connectivity index (χ3v) is 5.63. The largest absolute Gasteiger partial charge is 0.335 e. The summed E-state index contributed by atoms with van der Waals surface area (Å²) in [6.07, 6.45) is 1.50. The average Bonchev–Trinajstić information content (AvgIpc) is 3.01. The number of hydrogen-bond donors (Lipinski definition) is 1. The number of amides is 4. The predicted octanol–water partition coefficient (Wildman–Crippen LogP) is 4.23. The van der Waals surface area contributed by atoms with Crippen LogP contribution in [0.3, 0.4) is 0 Å². The van der Waals surface area contributed by atoms with Gasteiger partial charge in [0.1, 0.15) is 5.57 Å². The van der Waals surface area contributed by atoms with Crippen LogP contribution in [-0.2, 0) is 9.59 Å². The summed E-state index contributed by atoms with van der Waals surface area (Å²) >= 11 is 3.33. The molecule has 8 heteroatoms. The summed E-state index contributed by atoms with van der Waals surface area (Å²) < 4.78 is 2.58. The first-order chi connectivity index (χ1) is 14.8. The van der Waals surface area contributed by atoms with E-state index in [-0.39, 0.29) is 5.57 Å². The normalized spacial score (nSPS) is 15.5. The minimum atomic E-state index is -0.779. The van der Waals surface area contributed by atoms with Crippen molar-refractivity contribution in [3.05, 3.63) is 81.1 Å². The van der Waals surface area contributed by atoms with E-state index in [0.29, 0.717) is 16.9 Å². The first-order valence-corrected chi connectivity index (χ1v) is 10.4. The molecule has 0 radical (unpaired) electrons. The Kier molecular flexibility index (Phi) is 5.32. The van der Waals surface area contributed by atoms with E-state index in [9.17, 15) is 14.4 Å². The number of imide groups is 2. The second-order valence-electron chi connectivity index (χ2n) is 7.27. The number of nitrogens with zero attached hydrogens (tertiary/aromatic N) is 3. The van der Waals surface area contributed by atoms with Crippen LogP contribution in [0, 0.1) is 20.8 Å². The molecule has 0 aliphatic carbocycles. The Balaban J connectivity index is 1.76. The van der Waals surface area contributed by atoms with Gasteiger partial charge in [-0.3, -0.25) is 14.9 Å². The van der Waals surface area contributed by atoms with Crippen molar-refractivity contribution >= 4 is 45.5 Å². The van der Waals surface area contributed by atoms with Crippen LogP contribution in [-0.4, -0.2) is 27.6 Å². The Hall–Kier alpha value is -3.52. The topological polar surface area (TPSA) is 84.3 Å². The summed E-state index contributed by atoms with van der Waals surface area (Å²) in [7, 11) is 0. The maximum atomic E-state index is 13.1. The summed E-state index contributed by atoms with van der Waals surface area (Å²) in [5.74, 6) is -1.41. The summed E-state index contributed by atoms with van der Waals surface area (Å²) in [5.41, 5.74) is 4.35. The molecule has 4 amide bonds. The van der Waals surface area contributed by atoms with Crippen molar-refractivity contribution in [2.75, 3.05) is 4.90 Å². The molecule has 1 aromatic heterocycles. The van der Waals surface area contributed by atoms with Crippen LogP contribution in [0.5, 0.6) is 0 Å². The zero-order chi connectivity index (χ0) is 22.3. The van der Waals surface area contributed by atoms with Crippen LogP contribution in [0.2, 0.25) is 0 Å². The van der Waals surface area contributed by atoms with Crippen molar-refractivity contribution in [3.8, 4) is 5.69 Å². The van der Waals surface area contributed by atoms with E-state index in [1.54, 1.807) is 28.9 Å². The molecule has 7 nitrogen and oxygen atoms in total. The zero-order valence-corrected chi connectivity index (χ0v) is 18.7. The lowest BCUT2D eigenvalue weighted by Gasteiger charge is -2.26. The summed E-state index contributed by atoms with van der Waals surface area (Å²) in [5, 5.41) is 6.82. The van der Waals surface area contributed by atoms with Crippen molar-refractivity contribution in [3.63, 3.8) is 0 Å². The van der Waals surface area contributed by atoms with E-state index in [1.165, 1.54) is 6.08 Å². The van der Waals surface area contributed by atoms with E-state index in [2.05, 4.69) is 26.3 Å². The molecule has 1 aliphatic heterocycles. The summed E-state index contributed by atoms with van der Waals surface area (Å²) in [6.45, 7) is 5.69. The molecule has 0 unspecified atom stereocenters. The van der Waals surface area contributed by atoms with Gasteiger partial charge >= 0.3 is 6.03 Å². The number of carbonyl (C=O) groups excluding carboxylic acids is 3. The van der Waals surface area contributed by atoms with Gasteiger partial charge in [0.05, 0.1) is 17.1 Å². The van der Waals surface area contributed by atoms with Crippen LogP contribution in [0.25, 0.3) is 11.8 Å². The van der Waals surface area contributed by atoms with Crippen molar-refractivity contribution in [1.82, 2.24) is 15.1 Å². The molecule has 1 aliphatic rings. The molecule has 0 spiro atoms. The first kappa shape index (κ1) is 20.7. The van der Waals surface area contributed by atoms with Gasteiger partial charge in [0.15, 0.2) is 0 Å². The van der Waals surface area contributed by atoms with Gasteiger partial charge in [-0.15, -0.1) is 0 Å².